The van der Waals surface area contributed by atoms with E-state index >= 15 is 0 Å². The molecule has 0 atom stereocenters. The number of ketones is 1. The molecular weight excluding hydrogens is 236 g/mol. The molecule has 0 amide bonds. The Labute approximate surface area is 105 Å². The maximum absolute atomic E-state index is 11.1. The topological polar surface area (TPSA) is 46.5 Å². The quantitative estimate of drug-likeness (QED) is 0.836. The molecule has 1 rings (SSSR count). The first-order valence-corrected chi connectivity index (χ1v) is 8.13. The maximum atomic E-state index is 11.1. The molecule has 0 heterocycles. The van der Waals surface area contributed by atoms with Gasteiger partial charge in [0.25, 0.3) is 0 Å². The molecule has 0 spiro atoms. The van der Waals surface area contributed by atoms with E-state index in [-0.39, 0.29) is 11.7 Å². The minimum Gasteiger partial charge on any atom is -0.482 e. The van der Waals surface area contributed by atoms with Gasteiger partial charge in [-0.1, -0.05) is 26.0 Å². The predicted molar refractivity (Wildman–Crippen MR) is 75.4 cm³/mol. The summed E-state index contributed by atoms with van der Waals surface area (Å²) in [6.45, 7) is 5.51. The van der Waals surface area contributed by atoms with Crippen molar-refractivity contribution in [3.63, 3.8) is 0 Å². The summed E-state index contributed by atoms with van der Waals surface area (Å²) < 4.78 is 14.9. The fourth-order valence-electron chi connectivity index (χ4n) is 1.02. The van der Waals surface area contributed by atoms with Crippen LogP contribution in [0.15, 0.2) is 24.3 Å². The van der Waals surface area contributed by atoms with E-state index in [2.05, 4.69) is 0 Å². The number of ether oxygens (including phenoxy) is 1. The standard InChI is InChI=1S/C11H16O3S.C2H6/c1-9(12)10-5-4-6-11(7-10)14-8-15(2,3)13;1-2/h4-7,13H,8H2,1-3H3;1-2H3. The van der Waals surface area contributed by atoms with Crippen LogP contribution in [-0.4, -0.2) is 28.8 Å². The molecule has 0 unspecified atom stereocenters. The Morgan fingerprint density at radius 1 is 1.35 bits per heavy atom. The van der Waals surface area contributed by atoms with Gasteiger partial charge in [-0.3, -0.25) is 4.79 Å². The lowest BCUT2D eigenvalue weighted by Crippen LogP contribution is -2.06. The third kappa shape index (κ3) is 7.02. The van der Waals surface area contributed by atoms with Crippen LogP contribution >= 0.6 is 10.3 Å². The van der Waals surface area contributed by atoms with Crippen molar-refractivity contribution < 1.29 is 14.1 Å². The molecular formula is C13H22O3S. The smallest absolute Gasteiger partial charge is 0.159 e. The summed E-state index contributed by atoms with van der Waals surface area (Å²) in [7, 11) is -1.66. The number of carbonyl (C=O) groups excluding carboxylic acids is 1. The molecule has 0 bridgehead atoms. The molecule has 0 fully saturated rings. The Balaban J connectivity index is 0.00000121. The number of rotatable bonds is 4. The summed E-state index contributed by atoms with van der Waals surface area (Å²) in [5.41, 5.74) is 0.623. The van der Waals surface area contributed by atoms with Crippen LogP contribution < -0.4 is 4.74 Å². The molecule has 17 heavy (non-hydrogen) atoms. The first-order chi connectivity index (χ1) is 7.88. The summed E-state index contributed by atoms with van der Waals surface area (Å²) in [6.07, 6.45) is 3.50. The highest BCUT2D eigenvalue weighted by molar-refractivity contribution is 8.27. The summed E-state index contributed by atoms with van der Waals surface area (Å²) in [5, 5.41) is 0. The van der Waals surface area contributed by atoms with Crippen LogP contribution in [0.25, 0.3) is 0 Å². The molecule has 1 aromatic rings. The van der Waals surface area contributed by atoms with Crippen molar-refractivity contribution in [3.05, 3.63) is 29.8 Å². The maximum Gasteiger partial charge on any atom is 0.159 e. The van der Waals surface area contributed by atoms with Crippen LogP contribution in [0.1, 0.15) is 31.1 Å². The molecule has 4 heteroatoms. The van der Waals surface area contributed by atoms with Crippen LogP contribution in [0.3, 0.4) is 0 Å². The number of Topliss-reactive ketones (excluding diaryl/α,β-unsaturated/α-hetero) is 1. The van der Waals surface area contributed by atoms with Crippen molar-refractivity contribution in [2.75, 3.05) is 18.5 Å². The van der Waals surface area contributed by atoms with E-state index < -0.39 is 10.3 Å². The van der Waals surface area contributed by atoms with Gasteiger partial charge < -0.3 is 9.29 Å². The Hall–Kier alpha value is -1.00. The lowest BCUT2D eigenvalue weighted by Gasteiger charge is -2.23. The Morgan fingerprint density at radius 2 is 1.94 bits per heavy atom. The van der Waals surface area contributed by atoms with Crippen molar-refractivity contribution in [1.82, 2.24) is 0 Å². The molecule has 1 aromatic carbocycles. The van der Waals surface area contributed by atoms with Crippen molar-refractivity contribution >= 4 is 16.1 Å². The number of hydrogen-bond donors (Lipinski definition) is 1. The van der Waals surface area contributed by atoms with Crippen molar-refractivity contribution in [1.29, 1.82) is 0 Å². The van der Waals surface area contributed by atoms with Crippen LogP contribution in [0.5, 0.6) is 5.75 Å². The third-order valence-corrected chi connectivity index (χ3v) is 2.45. The monoisotopic (exact) mass is 258 g/mol. The summed E-state index contributed by atoms with van der Waals surface area (Å²) in [6, 6.07) is 6.98. The van der Waals surface area contributed by atoms with Gasteiger partial charge in [-0.15, -0.1) is 10.3 Å². The Morgan fingerprint density at radius 3 is 2.41 bits per heavy atom. The van der Waals surface area contributed by atoms with Crippen LogP contribution in [0.2, 0.25) is 0 Å². The minimum atomic E-state index is -1.66. The largest absolute Gasteiger partial charge is 0.482 e. The van der Waals surface area contributed by atoms with Crippen LogP contribution in [0.4, 0.5) is 0 Å². The fraction of sp³-hybridized carbons (Fsp3) is 0.462. The molecule has 0 aliphatic rings. The number of carbonyl (C=O) groups is 1. The van der Waals surface area contributed by atoms with Gasteiger partial charge in [0.2, 0.25) is 0 Å². The van der Waals surface area contributed by atoms with Gasteiger partial charge in [-0.25, -0.2) is 0 Å². The van der Waals surface area contributed by atoms with Crippen molar-refractivity contribution in [2.24, 2.45) is 0 Å². The normalized spacial score (nSPS) is 11.2. The average Bonchev–Trinajstić information content (AvgIpc) is 2.28. The summed E-state index contributed by atoms with van der Waals surface area (Å²) in [5.74, 6) is 0.919. The molecule has 0 aliphatic carbocycles. The van der Waals surface area contributed by atoms with E-state index in [1.165, 1.54) is 6.92 Å². The molecule has 0 saturated carbocycles. The van der Waals surface area contributed by atoms with E-state index in [9.17, 15) is 9.35 Å². The SMILES string of the molecule is CC.CC(=O)c1cccc(OCS(C)(C)O)c1. The highest BCUT2D eigenvalue weighted by Crippen LogP contribution is 2.34. The number of benzene rings is 1. The van der Waals surface area contributed by atoms with Gasteiger partial charge in [-0.2, -0.15) is 0 Å². The van der Waals surface area contributed by atoms with Crippen molar-refractivity contribution in [2.45, 2.75) is 20.8 Å². The van der Waals surface area contributed by atoms with Crippen LogP contribution in [-0.2, 0) is 0 Å². The highest BCUT2D eigenvalue weighted by atomic mass is 32.3. The summed E-state index contributed by atoms with van der Waals surface area (Å²) in [4.78, 5) is 11.1. The molecule has 1 N–H and O–H groups in total. The van der Waals surface area contributed by atoms with Gasteiger partial charge >= 0.3 is 0 Å². The molecule has 0 aliphatic heterocycles. The average molecular weight is 258 g/mol. The van der Waals surface area contributed by atoms with Gasteiger partial charge in [0.15, 0.2) is 5.78 Å². The lowest BCUT2D eigenvalue weighted by atomic mass is 10.1. The fourth-order valence-corrected chi connectivity index (χ4v) is 1.44. The van der Waals surface area contributed by atoms with Gasteiger partial charge in [0, 0.05) is 5.56 Å². The van der Waals surface area contributed by atoms with E-state index in [4.69, 9.17) is 4.74 Å². The molecule has 98 valence electrons. The third-order valence-electron chi connectivity index (χ3n) is 1.75. The summed E-state index contributed by atoms with van der Waals surface area (Å²) >= 11 is 0. The van der Waals surface area contributed by atoms with E-state index in [1.54, 1.807) is 36.8 Å². The Bertz CT molecular complexity index is 356. The van der Waals surface area contributed by atoms with Gasteiger partial charge in [0.1, 0.15) is 11.7 Å². The molecule has 0 radical (unpaired) electrons. The second kappa shape index (κ2) is 7.35. The molecule has 3 nitrogen and oxygen atoms in total. The second-order valence-electron chi connectivity index (χ2n) is 3.83. The van der Waals surface area contributed by atoms with Crippen LogP contribution in [0, 0.1) is 0 Å². The van der Waals surface area contributed by atoms with Crippen molar-refractivity contribution in [3.8, 4) is 5.75 Å². The van der Waals surface area contributed by atoms with E-state index in [0.29, 0.717) is 11.3 Å². The zero-order chi connectivity index (χ0) is 13.5. The molecule has 0 saturated heterocycles. The predicted octanol–water partition coefficient (Wildman–Crippen LogP) is 3.79. The van der Waals surface area contributed by atoms with Gasteiger partial charge in [0.05, 0.1) is 0 Å². The lowest BCUT2D eigenvalue weighted by molar-refractivity contribution is 0.101. The van der Waals surface area contributed by atoms with Gasteiger partial charge in [-0.05, 0) is 31.6 Å². The van der Waals surface area contributed by atoms with E-state index in [0.717, 1.165) is 0 Å². The Kier molecular flexibility index (Phi) is 6.92. The zero-order valence-corrected chi connectivity index (χ0v) is 12.0. The first kappa shape index (κ1) is 16.0. The first-order valence-electron chi connectivity index (χ1n) is 5.56. The van der Waals surface area contributed by atoms with E-state index in [1.807, 2.05) is 13.8 Å². The highest BCUT2D eigenvalue weighted by Gasteiger charge is 2.07. The minimum absolute atomic E-state index is 0.0102. The molecule has 0 aromatic heterocycles. The second-order valence-corrected chi connectivity index (χ2v) is 7.02. The number of hydrogen-bond acceptors (Lipinski definition) is 3. The zero-order valence-electron chi connectivity index (χ0n) is 11.2.